The first-order valence-corrected chi connectivity index (χ1v) is 7.35. The summed E-state index contributed by atoms with van der Waals surface area (Å²) in [6.07, 6.45) is 5.54. The fourth-order valence-corrected chi connectivity index (χ4v) is 5.03. The molecule has 0 heterocycles. The van der Waals surface area contributed by atoms with Crippen molar-refractivity contribution >= 4 is 5.97 Å². The van der Waals surface area contributed by atoms with Crippen LogP contribution < -0.4 is 0 Å². The molecule has 4 heteroatoms. The van der Waals surface area contributed by atoms with Gasteiger partial charge in [0.1, 0.15) is 5.60 Å². The Kier molecular flexibility index (Phi) is 3.04. The van der Waals surface area contributed by atoms with Crippen molar-refractivity contribution in [1.29, 1.82) is 0 Å². The van der Waals surface area contributed by atoms with Gasteiger partial charge >= 0.3 is 5.97 Å². The Bertz CT molecular complexity index is 435. The lowest BCUT2D eigenvalue weighted by atomic mass is 9.50. The molecule has 0 saturated heterocycles. The summed E-state index contributed by atoms with van der Waals surface area (Å²) >= 11 is 0. The third-order valence-electron chi connectivity index (χ3n) is 5.44. The quantitative estimate of drug-likeness (QED) is 0.586. The second-order valence-corrected chi connectivity index (χ2v) is 7.14. The smallest absolute Gasteiger partial charge is 0.333 e. The molecule has 0 aromatic rings. The predicted octanol–water partition coefficient (Wildman–Crippen LogP) is 2.61. The van der Waals surface area contributed by atoms with Gasteiger partial charge in [-0.3, -0.25) is 0 Å². The summed E-state index contributed by atoms with van der Waals surface area (Å²) in [4.78, 5) is 12.0. The Hall–Kier alpha value is -0.870. The van der Waals surface area contributed by atoms with Crippen LogP contribution in [0.25, 0.3) is 0 Å². The van der Waals surface area contributed by atoms with Gasteiger partial charge in [-0.1, -0.05) is 6.58 Å². The maximum absolute atomic E-state index is 12.0. The molecule has 0 aliphatic heterocycles. The van der Waals surface area contributed by atoms with Crippen molar-refractivity contribution < 1.29 is 19.0 Å². The molecule has 4 saturated carbocycles. The summed E-state index contributed by atoms with van der Waals surface area (Å²) in [5.74, 6) is 0.230. The Labute approximate surface area is 120 Å². The van der Waals surface area contributed by atoms with E-state index in [0.29, 0.717) is 11.5 Å². The highest BCUT2D eigenvalue weighted by Gasteiger charge is 2.66. The maximum atomic E-state index is 12.0. The highest BCUT2D eigenvalue weighted by molar-refractivity contribution is 5.87. The van der Waals surface area contributed by atoms with Crippen LogP contribution in [0.15, 0.2) is 12.2 Å². The number of esters is 1. The molecule has 4 fully saturated rings. The first-order chi connectivity index (χ1) is 9.36. The van der Waals surface area contributed by atoms with Crippen LogP contribution in [-0.4, -0.2) is 37.0 Å². The fourth-order valence-electron chi connectivity index (χ4n) is 5.03. The maximum Gasteiger partial charge on any atom is 0.333 e. The molecular weight excluding hydrogens is 256 g/mol. The predicted molar refractivity (Wildman–Crippen MR) is 74.3 cm³/mol. The number of hydrogen-bond donors (Lipinski definition) is 0. The summed E-state index contributed by atoms with van der Waals surface area (Å²) in [6.45, 7) is 5.39. The van der Waals surface area contributed by atoms with E-state index >= 15 is 0 Å². The Morgan fingerprint density at radius 1 is 1.00 bits per heavy atom. The molecular formula is C16H24O4. The van der Waals surface area contributed by atoms with Gasteiger partial charge in [0.25, 0.3) is 0 Å². The van der Waals surface area contributed by atoms with Crippen molar-refractivity contribution in [2.24, 2.45) is 5.92 Å². The van der Waals surface area contributed by atoms with Crippen LogP contribution in [0.2, 0.25) is 0 Å². The van der Waals surface area contributed by atoms with E-state index in [-0.39, 0.29) is 17.2 Å². The average Bonchev–Trinajstić information content (AvgIpc) is 2.36. The van der Waals surface area contributed by atoms with E-state index in [0.717, 1.165) is 38.5 Å². The van der Waals surface area contributed by atoms with Gasteiger partial charge in [-0.15, -0.1) is 0 Å². The van der Waals surface area contributed by atoms with Gasteiger partial charge in [0.15, 0.2) is 0 Å². The molecule has 4 nitrogen and oxygen atoms in total. The zero-order valence-electron chi connectivity index (χ0n) is 12.7. The molecule has 0 aromatic heterocycles. The fraction of sp³-hybridized carbons (Fsp3) is 0.812. The van der Waals surface area contributed by atoms with Gasteiger partial charge in [0.05, 0.1) is 11.2 Å². The molecule has 4 bridgehead atoms. The van der Waals surface area contributed by atoms with Crippen molar-refractivity contribution in [3.63, 3.8) is 0 Å². The topological polar surface area (TPSA) is 44.8 Å². The van der Waals surface area contributed by atoms with E-state index in [1.54, 1.807) is 21.1 Å². The average molecular weight is 280 g/mol. The van der Waals surface area contributed by atoms with Gasteiger partial charge in [-0.2, -0.15) is 0 Å². The second-order valence-electron chi connectivity index (χ2n) is 7.14. The van der Waals surface area contributed by atoms with Crippen molar-refractivity contribution in [1.82, 2.24) is 0 Å². The van der Waals surface area contributed by atoms with E-state index < -0.39 is 5.60 Å². The summed E-state index contributed by atoms with van der Waals surface area (Å²) in [5.41, 5.74) is -0.351. The molecule has 2 unspecified atom stereocenters. The Morgan fingerprint density at radius 2 is 1.45 bits per heavy atom. The largest absolute Gasteiger partial charge is 0.455 e. The number of hydrogen-bond acceptors (Lipinski definition) is 4. The molecule has 4 rings (SSSR count). The number of carbonyl (C=O) groups excluding carboxylic acids is 1. The zero-order chi connectivity index (χ0) is 14.6. The number of rotatable bonds is 4. The summed E-state index contributed by atoms with van der Waals surface area (Å²) in [6, 6.07) is 0. The molecule has 4 aliphatic carbocycles. The van der Waals surface area contributed by atoms with E-state index in [2.05, 4.69) is 6.58 Å². The lowest BCUT2D eigenvalue weighted by molar-refractivity contribution is -0.273. The molecule has 0 N–H and O–H groups in total. The second kappa shape index (κ2) is 4.31. The lowest BCUT2D eigenvalue weighted by Crippen LogP contribution is -2.68. The third-order valence-corrected chi connectivity index (χ3v) is 5.44. The van der Waals surface area contributed by atoms with Gasteiger partial charge in [0, 0.05) is 39.1 Å². The van der Waals surface area contributed by atoms with Gasteiger partial charge < -0.3 is 14.2 Å². The minimum absolute atomic E-state index is 0.190. The molecule has 4 aliphatic rings. The zero-order valence-corrected chi connectivity index (χ0v) is 12.7. The highest BCUT2D eigenvalue weighted by Crippen LogP contribution is 2.62. The Morgan fingerprint density at radius 3 is 1.90 bits per heavy atom. The van der Waals surface area contributed by atoms with Crippen molar-refractivity contribution in [2.45, 2.75) is 62.3 Å². The van der Waals surface area contributed by atoms with Gasteiger partial charge in [-0.25, -0.2) is 4.79 Å². The van der Waals surface area contributed by atoms with Crippen LogP contribution in [0.5, 0.6) is 0 Å². The molecule has 0 spiro atoms. The third kappa shape index (κ3) is 2.01. The van der Waals surface area contributed by atoms with Gasteiger partial charge in [-0.05, 0) is 32.1 Å². The minimum Gasteiger partial charge on any atom is -0.455 e. The minimum atomic E-state index is -0.429. The van der Waals surface area contributed by atoms with Crippen molar-refractivity contribution in [3.05, 3.63) is 12.2 Å². The number of methoxy groups -OCH3 is 2. The molecule has 20 heavy (non-hydrogen) atoms. The first-order valence-electron chi connectivity index (χ1n) is 7.35. The standard InChI is InChI=1S/C16H24O4/c1-11(2)13(17)20-16-7-12-5-14(9-16,18-3)8-15(6-12,10-16)19-4/h12H,1,5-10H2,2-4H3. The van der Waals surface area contributed by atoms with Crippen LogP contribution >= 0.6 is 0 Å². The Balaban J connectivity index is 1.92. The van der Waals surface area contributed by atoms with Crippen molar-refractivity contribution in [3.8, 4) is 0 Å². The van der Waals surface area contributed by atoms with E-state index in [4.69, 9.17) is 14.2 Å². The van der Waals surface area contributed by atoms with E-state index in [1.807, 2.05) is 0 Å². The molecule has 0 aromatic carbocycles. The first kappa shape index (κ1) is 14.1. The van der Waals surface area contributed by atoms with E-state index in [9.17, 15) is 4.79 Å². The lowest BCUT2D eigenvalue weighted by Gasteiger charge is -2.64. The van der Waals surface area contributed by atoms with Crippen LogP contribution in [0.3, 0.4) is 0 Å². The summed E-state index contributed by atoms with van der Waals surface area (Å²) in [7, 11) is 3.54. The van der Waals surface area contributed by atoms with Crippen LogP contribution in [0.4, 0.5) is 0 Å². The molecule has 0 radical (unpaired) electrons. The van der Waals surface area contributed by atoms with Crippen molar-refractivity contribution in [2.75, 3.05) is 14.2 Å². The molecule has 112 valence electrons. The summed E-state index contributed by atoms with van der Waals surface area (Å²) in [5, 5.41) is 0. The van der Waals surface area contributed by atoms with E-state index in [1.165, 1.54) is 0 Å². The van der Waals surface area contributed by atoms with Gasteiger partial charge in [0.2, 0.25) is 0 Å². The van der Waals surface area contributed by atoms with Crippen LogP contribution in [0.1, 0.15) is 45.4 Å². The molecule has 0 amide bonds. The van der Waals surface area contributed by atoms with Crippen LogP contribution in [0, 0.1) is 5.92 Å². The SMILES string of the molecule is C=C(C)C(=O)OC12CC3CC(OC)(CC(OC)(C3)C1)C2. The summed E-state index contributed by atoms with van der Waals surface area (Å²) < 4.78 is 17.6. The monoisotopic (exact) mass is 280 g/mol. The highest BCUT2D eigenvalue weighted by atomic mass is 16.6. The normalized spacial score (nSPS) is 45.5. The number of carbonyl (C=O) groups is 1. The molecule has 2 atom stereocenters. The number of ether oxygens (including phenoxy) is 3. The van der Waals surface area contributed by atoms with Crippen LogP contribution in [-0.2, 0) is 19.0 Å².